The van der Waals surface area contributed by atoms with Crippen LogP contribution in [0.5, 0.6) is 0 Å². The third-order valence-electron chi connectivity index (χ3n) is 8.64. The SMILES string of the molecule is Cc1cc(-c2cccc3c2C(/C(C=N)=C/NC2CCC(CC(=O)O)CC2)C=N3)cc(F)c1CC1CCOCC1. The molecule has 2 aromatic rings. The van der Waals surface area contributed by atoms with Gasteiger partial charge in [0.25, 0.3) is 0 Å². The maximum Gasteiger partial charge on any atom is 0.303 e. The van der Waals surface area contributed by atoms with Gasteiger partial charge >= 0.3 is 5.97 Å². The van der Waals surface area contributed by atoms with Crippen molar-refractivity contribution in [1.82, 2.24) is 5.32 Å². The van der Waals surface area contributed by atoms with Gasteiger partial charge in [0.1, 0.15) is 5.82 Å². The van der Waals surface area contributed by atoms with E-state index >= 15 is 4.39 Å². The zero-order valence-electron chi connectivity index (χ0n) is 22.6. The fraction of sp³-hybridized carbons (Fsp3) is 0.469. The van der Waals surface area contributed by atoms with Crippen LogP contribution in [0, 0.1) is 30.0 Å². The van der Waals surface area contributed by atoms with Gasteiger partial charge < -0.3 is 20.6 Å². The van der Waals surface area contributed by atoms with Crippen molar-refractivity contribution in [2.45, 2.75) is 70.3 Å². The number of nitrogens with zero attached hydrogens (tertiary/aromatic N) is 1. The molecule has 2 aliphatic heterocycles. The number of carboxylic acid groups (broad SMARTS) is 1. The van der Waals surface area contributed by atoms with Crippen molar-refractivity contribution in [1.29, 1.82) is 5.41 Å². The van der Waals surface area contributed by atoms with Crippen LogP contribution in [0.3, 0.4) is 0 Å². The molecular weight excluding hydrogens is 493 g/mol. The number of ether oxygens (including phenoxy) is 1. The summed E-state index contributed by atoms with van der Waals surface area (Å²) in [6.45, 7) is 3.51. The van der Waals surface area contributed by atoms with Crippen LogP contribution in [0.2, 0.25) is 0 Å². The van der Waals surface area contributed by atoms with Crippen LogP contribution >= 0.6 is 0 Å². The lowest BCUT2D eigenvalue weighted by Crippen LogP contribution is -2.31. The standard InChI is InChI=1S/C32H38FN3O3/c1-20-13-23(16-29(33)27(20)14-22-9-11-39-12-10-22)26-3-2-4-30-32(26)28(19-36-30)24(17-34)18-35-25-7-5-21(6-8-25)15-31(37)38/h2-4,13,16-19,21-22,25,28,34-35H,5-12,14-15H2,1H3,(H,37,38)/b24-18+,34-17?. The van der Waals surface area contributed by atoms with Crippen LogP contribution in [0.4, 0.5) is 10.1 Å². The number of fused-ring (bicyclic) bond motifs is 1. The van der Waals surface area contributed by atoms with Gasteiger partial charge in [-0.15, -0.1) is 0 Å². The third kappa shape index (κ3) is 6.30. The molecule has 0 amide bonds. The minimum absolute atomic E-state index is 0.160. The number of hydrogen-bond donors (Lipinski definition) is 3. The number of aryl methyl sites for hydroxylation is 1. The Balaban J connectivity index is 1.35. The van der Waals surface area contributed by atoms with Crippen molar-refractivity contribution in [3.8, 4) is 11.1 Å². The summed E-state index contributed by atoms with van der Waals surface area (Å²) >= 11 is 0. The number of halogens is 1. The molecular formula is C32H38FN3O3. The van der Waals surface area contributed by atoms with Crippen LogP contribution < -0.4 is 5.32 Å². The Labute approximate surface area is 229 Å². The summed E-state index contributed by atoms with van der Waals surface area (Å²) < 4.78 is 21.0. The predicted molar refractivity (Wildman–Crippen MR) is 153 cm³/mol. The number of carboxylic acids is 1. The quantitative estimate of drug-likeness (QED) is 0.313. The van der Waals surface area contributed by atoms with Gasteiger partial charge in [-0.05, 0) is 109 Å². The van der Waals surface area contributed by atoms with Gasteiger partial charge in [0.05, 0.1) is 11.6 Å². The Kier molecular flexibility index (Phi) is 8.56. The highest BCUT2D eigenvalue weighted by molar-refractivity contribution is 5.96. The molecule has 0 aromatic heterocycles. The van der Waals surface area contributed by atoms with Crippen LogP contribution in [-0.4, -0.2) is 42.8 Å². The van der Waals surface area contributed by atoms with Gasteiger partial charge in [0.2, 0.25) is 0 Å². The number of allylic oxidation sites excluding steroid dienone is 1. The number of aliphatic carboxylic acids is 1. The molecule has 1 saturated heterocycles. The van der Waals surface area contributed by atoms with E-state index in [1.54, 1.807) is 6.07 Å². The zero-order valence-corrected chi connectivity index (χ0v) is 22.6. The van der Waals surface area contributed by atoms with Crippen molar-refractivity contribution >= 4 is 24.1 Å². The van der Waals surface area contributed by atoms with E-state index in [-0.39, 0.29) is 30.1 Å². The first-order chi connectivity index (χ1) is 18.9. The van der Waals surface area contributed by atoms with Crippen LogP contribution in [-0.2, 0) is 16.0 Å². The topological polar surface area (TPSA) is 94.8 Å². The van der Waals surface area contributed by atoms with E-state index in [1.165, 1.54) is 6.21 Å². The number of benzene rings is 2. The molecule has 206 valence electrons. The molecule has 3 aliphatic rings. The molecule has 1 atom stereocenters. The van der Waals surface area contributed by atoms with Crippen LogP contribution in [0.25, 0.3) is 11.1 Å². The highest BCUT2D eigenvalue weighted by atomic mass is 19.1. The highest BCUT2D eigenvalue weighted by Gasteiger charge is 2.27. The number of rotatable bonds is 9. The second-order valence-electron chi connectivity index (χ2n) is 11.3. The average Bonchev–Trinajstić information content (AvgIpc) is 3.36. The molecule has 7 heteroatoms. The lowest BCUT2D eigenvalue weighted by Gasteiger charge is -2.28. The summed E-state index contributed by atoms with van der Waals surface area (Å²) in [6, 6.07) is 9.96. The van der Waals surface area contributed by atoms with Crippen molar-refractivity contribution in [2.24, 2.45) is 16.8 Å². The third-order valence-corrected chi connectivity index (χ3v) is 8.64. The summed E-state index contributed by atoms with van der Waals surface area (Å²) in [7, 11) is 0. The van der Waals surface area contributed by atoms with Gasteiger partial charge in [-0.25, -0.2) is 4.39 Å². The van der Waals surface area contributed by atoms with E-state index in [4.69, 9.17) is 15.3 Å². The predicted octanol–water partition coefficient (Wildman–Crippen LogP) is 6.73. The van der Waals surface area contributed by atoms with Crippen molar-refractivity contribution < 1.29 is 19.0 Å². The first-order valence-corrected chi connectivity index (χ1v) is 14.2. The Bertz CT molecular complexity index is 1250. The Morgan fingerprint density at radius 3 is 2.62 bits per heavy atom. The van der Waals surface area contributed by atoms with Crippen LogP contribution in [0.15, 0.2) is 47.1 Å². The monoisotopic (exact) mass is 531 g/mol. The van der Waals surface area contributed by atoms with Crippen molar-refractivity contribution in [3.05, 3.63) is 64.6 Å². The number of nitrogens with one attached hydrogen (secondary N) is 2. The second-order valence-corrected chi connectivity index (χ2v) is 11.3. The first kappa shape index (κ1) is 27.3. The maximum atomic E-state index is 15.5. The summed E-state index contributed by atoms with van der Waals surface area (Å²) in [4.78, 5) is 15.7. The van der Waals surface area contributed by atoms with E-state index in [0.29, 0.717) is 5.92 Å². The van der Waals surface area contributed by atoms with Gasteiger partial charge in [0.15, 0.2) is 0 Å². The fourth-order valence-electron chi connectivity index (χ4n) is 6.37. The Hall–Kier alpha value is -3.32. The molecule has 0 radical (unpaired) electrons. The second kappa shape index (κ2) is 12.2. The van der Waals surface area contributed by atoms with E-state index in [2.05, 4.69) is 16.4 Å². The lowest BCUT2D eigenvalue weighted by molar-refractivity contribution is -0.138. The maximum absolute atomic E-state index is 15.5. The molecule has 5 rings (SSSR count). The van der Waals surface area contributed by atoms with E-state index < -0.39 is 5.97 Å². The summed E-state index contributed by atoms with van der Waals surface area (Å²) in [5, 5.41) is 20.7. The molecule has 6 nitrogen and oxygen atoms in total. The molecule has 1 aliphatic carbocycles. The lowest BCUT2D eigenvalue weighted by atomic mass is 9.84. The fourth-order valence-corrected chi connectivity index (χ4v) is 6.37. The molecule has 2 fully saturated rings. The minimum atomic E-state index is -0.726. The van der Waals surface area contributed by atoms with Crippen LogP contribution in [0.1, 0.15) is 67.6 Å². The summed E-state index contributed by atoms with van der Waals surface area (Å²) in [6.07, 6.45) is 11.7. The minimum Gasteiger partial charge on any atom is -0.481 e. The molecule has 1 unspecified atom stereocenters. The molecule has 0 spiro atoms. The van der Waals surface area contributed by atoms with E-state index in [9.17, 15) is 4.79 Å². The summed E-state index contributed by atoms with van der Waals surface area (Å²) in [5.41, 5.74) is 6.18. The Morgan fingerprint density at radius 1 is 1.15 bits per heavy atom. The highest BCUT2D eigenvalue weighted by Crippen LogP contribution is 2.43. The summed E-state index contributed by atoms with van der Waals surface area (Å²) in [5.74, 6) is -0.384. The molecule has 39 heavy (non-hydrogen) atoms. The first-order valence-electron chi connectivity index (χ1n) is 14.2. The molecule has 1 saturated carbocycles. The van der Waals surface area contributed by atoms with E-state index in [0.717, 1.165) is 97.2 Å². The van der Waals surface area contributed by atoms with E-state index in [1.807, 2.05) is 37.5 Å². The number of hydrogen-bond acceptors (Lipinski definition) is 5. The number of aliphatic imine (C=N–C) groups is 1. The molecule has 3 N–H and O–H groups in total. The molecule has 0 bridgehead atoms. The van der Waals surface area contributed by atoms with Gasteiger partial charge in [0, 0.05) is 44.3 Å². The Morgan fingerprint density at radius 2 is 1.92 bits per heavy atom. The number of carbonyl (C=O) groups is 1. The zero-order chi connectivity index (χ0) is 27.4. The average molecular weight is 532 g/mol. The van der Waals surface area contributed by atoms with Gasteiger partial charge in [-0.1, -0.05) is 18.2 Å². The normalized spacial score (nSPS) is 23.4. The largest absolute Gasteiger partial charge is 0.481 e. The van der Waals surface area contributed by atoms with Gasteiger partial charge in [-0.3, -0.25) is 9.79 Å². The van der Waals surface area contributed by atoms with Crippen molar-refractivity contribution in [3.63, 3.8) is 0 Å². The molecule has 2 aromatic carbocycles. The molecule has 2 heterocycles. The van der Waals surface area contributed by atoms with Gasteiger partial charge in [-0.2, -0.15) is 0 Å². The van der Waals surface area contributed by atoms with Crippen molar-refractivity contribution in [2.75, 3.05) is 13.2 Å². The smallest absolute Gasteiger partial charge is 0.303 e.